The van der Waals surface area contributed by atoms with Crippen molar-refractivity contribution in [2.45, 2.75) is 59.4 Å². The summed E-state index contributed by atoms with van der Waals surface area (Å²) in [6, 6.07) is 1.90. The van der Waals surface area contributed by atoms with Gasteiger partial charge in [0.05, 0.1) is 0 Å². The van der Waals surface area contributed by atoms with Gasteiger partial charge >= 0.3 is 0 Å². The Morgan fingerprint density at radius 3 is 2.50 bits per heavy atom. The number of carbonyl (C=O) groups is 1. The van der Waals surface area contributed by atoms with Crippen LogP contribution in [0.2, 0.25) is 0 Å². The van der Waals surface area contributed by atoms with Gasteiger partial charge in [-0.15, -0.1) is 0 Å². The van der Waals surface area contributed by atoms with Gasteiger partial charge in [-0.1, -0.05) is 13.8 Å². The van der Waals surface area contributed by atoms with Crippen molar-refractivity contribution in [1.82, 2.24) is 15.3 Å². The summed E-state index contributed by atoms with van der Waals surface area (Å²) in [5.41, 5.74) is 0.748. The maximum atomic E-state index is 11.7. The molecular weight excluding hydrogens is 252 g/mol. The molecule has 1 aromatic rings. The summed E-state index contributed by atoms with van der Waals surface area (Å²) in [5.74, 6) is 1.94. The molecular formula is C15H26N4O. The van der Waals surface area contributed by atoms with Gasteiger partial charge in [-0.05, 0) is 27.7 Å². The SMILES string of the molecule is Cc1cc(NCCC(=O)NC(C)(C)C)nc(C(C)C)n1. The minimum Gasteiger partial charge on any atom is -0.369 e. The molecule has 5 heteroatoms. The normalized spacial score (nSPS) is 11.6. The number of aromatic nitrogens is 2. The first kappa shape index (κ1) is 16.4. The number of nitrogens with one attached hydrogen (secondary N) is 2. The fourth-order valence-corrected chi connectivity index (χ4v) is 1.73. The summed E-state index contributed by atoms with van der Waals surface area (Å²) >= 11 is 0. The monoisotopic (exact) mass is 278 g/mol. The molecule has 2 N–H and O–H groups in total. The van der Waals surface area contributed by atoms with Crippen LogP contribution in [-0.4, -0.2) is 28.0 Å². The van der Waals surface area contributed by atoms with Crippen molar-refractivity contribution < 1.29 is 4.79 Å². The number of hydrogen-bond donors (Lipinski definition) is 2. The average Bonchev–Trinajstić information content (AvgIpc) is 2.25. The molecule has 112 valence electrons. The Morgan fingerprint density at radius 2 is 1.95 bits per heavy atom. The molecule has 1 rings (SSSR count). The van der Waals surface area contributed by atoms with Gasteiger partial charge in [-0.2, -0.15) is 0 Å². The van der Waals surface area contributed by atoms with E-state index in [1.165, 1.54) is 0 Å². The van der Waals surface area contributed by atoms with Gasteiger partial charge in [-0.3, -0.25) is 4.79 Å². The molecule has 0 saturated carbocycles. The number of rotatable bonds is 5. The summed E-state index contributed by atoms with van der Waals surface area (Å²) in [4.78, 5) is 20.6. The van der Waals surface area contributed by atoms with Crippen LogP contribution >= 0.6 is 0 Å². The van der Waals surface area contributed by atoms with Crippen molar-refractivity contribution in [1.29, 1.82) is 0 Å². The van der Waals surface area contributed by atoms with E-state index < -0.39 is 0 Å². The van der Waals surface area contributed by atoms with E-state index in [0.29, 0.717) is 18.9 Å². The third-order valence-electron chi connectivity index (χ3n) is 2.56. The minimum absolute atomic E-state index is 0.0415. The Bertz CT molecular complexity index is 463. The van der Waals surface area contributed by atoms with Crippen LogP contribution < -0.4 is 10.6 Å². The first-order valence-electron chi connectivity index (χ1n) is 7.08. The summed E-state index contributed by atoms with van der Waals surface area (Å²) < 4.78 is 0. The van der Waals surface area contributed by atoms with Crippen LogP contribution in [0, 0.1) is 6.92 Å². The molecule has 0 aliphatic carbocycles. The Labute approximate surface area is 121 Å². The zero-order valence-corrected chi connectivity index (χ0v) is 13.4. The topological polar surface area (TPSA) is 66.9 Å². The molecule has 0 atom stereocenters. The smallest absolute Gasteiger partial charge is 0.222 e. The number of aryl methyl sites for hydroxylation is 1. The van der Waals surface area contributed by atoms with Crippen molar-refractivity contribution in [3.8, 4) is 0 Å². The van der Waals surface area contributed by atoms with Crippen LogP contribution in [0.3, 0.4) is 0 Å². The molecule has 0 bridgehead atoms. The average molecular weight is 278 g/mol. The molecule has 0 fully saturated rings. The van der Waals surface area contributed by atoms with Crippen molar-refractivity contribution in [2.75, 3.05) is 11.9 Å². The van der Waals surface area contributed by atoms with Crippen LogP contribution in [0.4, 0.5) is 5.82 Å². The van der Waals surface area contributed by atoms with Crippen molar-refractivity contribution in [3.05, 3.63) is 17.6 Å². The van der Waals surface area contributed by atoms with Crippen molar-refractivity contribution in [2.24, 2.45) is 0 Å². The summed E-state index contributed by atoms with van der Waals surface area (Å²) in [6.45, 7) is 12.6. The molecule has 0 unspecified atom stereocenters. The van der Waals surface area contributed by atoms with Gasteiger partial charge in [0.15, 0.2) is 0 Å². The highest BCUT2D eigenvalue weighted by Crippen LogP contribution is 2.13. The van der Waals surface area contributed by atoms with Gasteiger partial charge in [-0.25, -0.2) is 9.97 Å². The van der Waals surface area contributed by atoms with Crippen LogP contribution in [0.1, 0.15) is 58.5 Å². The molecule has 1 heterocycles. The zero-order chi connectivity index (χ0) is 15.3. The Hall–Kier alpha value is -1.65. The summed E-state index contributed by atoms with van der Waals surface area (Å²) in [6.07, 6.45) is 0.428. The first-order valence-corrected chi connectivity index (χ1v) is 7.08. The van der Waals surface area contributed by atoms with Crippen LogP contribution in [0.5, 0.6) is 0 Å². The van der Waals surface area contributed by atoms with Crippen molar-refractivity contribution >= 4 is 11.7 Å². The Morgan fingerprint density at radius 1 is 1.30 bits per heavy atom. The second-order valence-corrected chi connectivity index (χ2v) is 6.38. The van der Waals surface area contributed by atoms with E-state index >= 15 is 0 Å². The highest BCUT2D eigenvalue weighted by Gasteiger charge is 2.13. The highest BCUT2D eigenvalue weighted by atomic mass is 16.1. The summed E-state index contributed by atoms with van der Waals surface area (Å²) in [5, 5.41) is 6.12. The lowest BCUT2D eigenvalue weighted by molar-refractivity contribution is -0.122. The molecule has 0 aliphatic rings. The maximum absolute atomic E-state index is 11.7. The fraction of sp³-hybridized carbons (Fsp3) is 0.667. The van der Waals surface area contributed by atoms with E-state index in [1.54, 1.807) is 0 Å². The standard InChI is InChI=1S/C15H26N4O/c1-10(2)14-17-11(3)9-12(18-14)16-8-7-13(20)19-15(4,5)6/h9-10H,7-8H2,1-6H3,(H,19,20)(H,16,17,18). The number of amides is 1. The third kappa shape index (κ3) is 5.99. The second-order valence-electron chi connectivity index (χ2n) is 6.38. The summed E-state index contributed by atoms with van der Waals surface area (Å²) in [7, 11) is 0. The number of nitrogens with zero attached hydrogens (tertiary/aromatic N) is 2. The molecule has 0 radical (unpaired) electrons. The highest BCUT2D eigenvalue weighted by molar-refractivity contribution is 5.77. The molecule has 20 heavy (non-hydrogen) atoms. The van der Waals surface area contributed by atoms with Crippen LogP contribution in [0.15, 0.2) is 6.07 Å². The van der Waals surface area contributed by atoms with Crippen molar-refractivity contribution in [3.63, 3.8) is 0 Å². The molecule has 0 saturated heterocycles. The molecule has 0 aromatic carbocycles. The molecule has 0 spiro atoms. The van der Waals surface area contributed by atoms with Gasteiger partial charge in [0, 0.05) is 36.2 Å². The molecule has 0 aliphatic heterocycles. The van der Waals surface area contributed by atoms with Gasteiger partial charge < -0.3 is 10.6 Å². The quantitative estimate of drug-likeness (QED) is 0.869. The first-order chi connectivity index (χ1) is 9.17. The van der Waals surface area contributed by atoms with Crippen LogP contribution in [-0.2, 0) is 4.79 Å². The van der Waals surface area contributed by atoms with E-state index in [4.69, 9.17) is 0 Å². The fourth-order valence-electron chi connectivity index (χ4n) is 1.73. The largest absolute Gasteiger partial charge is 0.369 e. The Kier molecular flexibility index (Phi) is 5.48. The molecule has 5 nitrogen and oxygen atoms in total. The van der Waals surface area contributed by atoms with E-state index in [0.717, 1.165) is 17.3 Å². The zero-order valence-electron chi connectivity index (χ0n) is 13.4. The molecule has 1 aromatic heterocycles. The van der Waals surface area contributed by atoms with Gasteiger partial charge in [0.2, 0.25) is 5.91 Å². The number of anilines is 1. The van der Waals surface area contributed by atoms with E-state index in [1.807, 2.05) is 33.8 Å². The lowest BCUT2D eigenvalue weighted by Crippen LogP contribution is -2.41. The predicted octanol–water partition coefficient (Wildman–Crippen LogP) is 2.63. The Balaban J connectivity index is 2.52. The number of carbonyl (C=O) groups excluding carboxylic acids is 1. The second kappa shape index (κ2) is 6.68. The minimum atomic E-state index is -0.187. The van der Waals surface area contributed by atoms with Gasteiger partial charge in [0.25, 0.3) is 0 Å². The third-order valence-corrected chi connectivity index (χ3v) is 2.56. The van der Waals surface area contributed by atoms with Gasteiger partial charge in [0.1, 0.15) is 11.6 Å². The van der Waals surface area contributed by atoms with Crippen LogP contribution in [0.25, 0.3) is 0 Å². The van der Waals surface area contributed by atoms with E-state index in [9.17, 15) is 4.79 Å². The van der Waals surface area contributed by atoms with E-state index in [2.05, 4.69) is 34.4 Å². The lowest BCUT2D eigenvalue weighted by atomic mass is 10.1. The molecule has 1 amide bonds. The number of hydrogen-bond acceptors (Lipinski definition) is 4. The maximum Gasteiger partial charge on any atom is 0.222 e. The lowest BCUT2D eigenvalue weighted by Gasteiger charge is -2.20. The van der Waals surface area contributed by atoms with E-state index in [-0.39, 0.29) is 11.4 Å². The predicted molar refractivity (Wildman–Crippen MR) is 81.9 cm³/mol.